The average Bonchev–Trinajstić information content (AvgIpc) is 2.38. The highest BCUT2D eigenvalue weighted by Gasteiger charge is 2.11. The van der Waals surface area contributed by atoms with Gasteiger partial charge in [0.2, 0.25) is 5.91 Å². The molecule has 0 radical (unpaired) electrons. The molecule has 1 aromatic rings. The molecule has 0 atom stereocenters. The van der Waals surface area contributed by atoms with Crippen molar-refractivity contribution in [3.8, 4) is 0 Å². The zero-order valence-electron chi connectivity index (χ0n) is 11.6. The molecular formula is C14H18Br2N2O2. The number of nitrogens with one attached hydrogen (secondary N) is 1. The lowest BCUT2D eigenvalue weighted by Gasteiger charge is -2.18. The van der Waals surface area contributed by atoms with Gasteiger partial charge in [0.05, 0.1) is 0 Å². The maximum Gasteiger partial charge on any atom is 0.251 e. The zero-order chi connectivity index (χ0) is 15.1. The van der Waals surface area contributed by atoms with Gasteiger partial charge in [-0.2, -0.15) is 0 Å². The minimum absolute atomic E-state index is 0.0609. The highest BCUT2D eigenvalue weighted by Crippen LogP contribution is 2.19. The predicted octanol–water partition coefficient (Wildman–Crippen LogP) is 3.20. The summed E-state index contributed by atoms with van der Waals surface area (Å²) in [7, 11) is 0. The van der Waals surface area contributed by atoms with E-state index in [4.69, 9.17) is 0 Å². The Bertz CT molecular complexity index is 468. The van der Waals surface area contributed by atoms with E-state index in [0.717, 1.165) is 8.95 Å². The van der Waals surface area contributed by atoms with Crippen molar-refractivity contribution in [2.75, 3.05) is 19.6 Å². The van der Waals surface area contributed by atoms with Crippen molar-refractivity contribution in [1.29, 1.82) is 0 Å². The van der Waals surface area contributed by atoms with E-state index < -0.39 is 0 Å². The number of rotatable bonds is 6. The Morgan fingerprint density at radius 1 is 1.10 bits per heavy atom. The van der Waals surface area contributed by atoms with E-state index in [9.17, 15) is 9.59 Å². The normalized spacial score (nSPS) is 10.2. The maximum atomic E-state index is 12.0. The lowest BCUT2D eigenvalue weighted by atomic mass is 10.2. The Hall–Kier alpha value is -0.880. The molecule has 0 bridgehead atoms. The molecule has 1 N–H and O–H groups in total. The molecule has 4 nitrogen and oxygen atoms in total. The SMILES string of the molecule is CCN(CC)C(=O)CCNC(=O)c1cc(Br)cc(Br)c1. The second-order valence-corrected chi connectivity index (χ2v) is 6.06. The van der Waals surface area contributed by atoms with Crippen LogP contribution in [0.2, 0.25) is 0 Å². The standard InChI is InChI=1S/C14H18Br2N2O2/c1-3-18(4-2)13(19)5-6-17-14(20)10-7-11(15)9-12(16)8-10/h7-9H,3-6H2,1-2H3,(H,17,20). The zero-order valence-corrected chi connectivity index (χ0v) is 14.8. The number of amides is 2. The molecule has 110 valence electrons. The van der Waals surface area contributed by atoms with E-state index in [1.807, 2.05) is 19.9 Å². The summed E-state index contributed by atoms with van der Waals surface area (Å²) in [5.74, 6) is -0.120. The second-order valence-electron chi connectivity index (χ2n) is 4.23. The number of hydrogen-bond acceptors (Lipinski definition) is 2. The molecule has 0 fully saturated rings. The number of halogens is 2. The third-order valence-corrected chi connectivity index (χ3v) is 3.78. The Kier molecular flexibility index (Phi) is 7.23. The summed E-state index contributed by atoms with van der Waals surface area (Å²) in [6.07, 6.45) is 0.322. The molecule has 2 amide bonds. The highest BCUT2D eigenvalue weighted by molar-refractivity contribution is 9.11. The first-order valence-electron chi connectivity index (χ1n) is 6.50. The van der Waals surface area contributed by atoms with E-state index in [0.29, 0.717) is 31.6 Å². The van der Waals surface area contributed by atoms with Crippen molar-refractivity contribution in [2.45, 2.75) is 20.3 Å². The first kappa shape index (κ1) is 17.2. The van der Waals surface area contributed by atoms with Crippen molar-refractivity contribution < 1.29 is 9.59 Å². The summed E-state index contributed by atoms with van der Waals surface area (Å²) in [6.45, 7) is 5.63. The molecule has 0 aliphatic carbocycles. The molecule has 0 aromatic heterocycles. The van der Waals surface area contributed by atoms with Gasteiger partial charge in [-0.15, -0.1) is 0 Å². The second kappa shape index (κ2) is 8.42. The fourth-order valence-corrected chi connectivity index (χ4v) is 3.10. The molecule has 0 aliphatic heterocycles. The van der Waals surface area contributed by atoms with Crippen LogP contribution in [0.5, 0.6) is 0 Å². The van der Waals surface area contributed by atoms with Gasteiger partial charge in [0.1, 0.15) is 0 Å². The van der Waals surface area contributed by atoms with Crippen molar-refractivity contribution in [3.63, 3.8) is 0 Å². The lowest BCUT2D eigenvalue weighted by Crippen LogP contribution is -2.34. The molecule has 0 aliphatic rings. The van der Waals surface area contributed by atoms with Crippen molar-refractivity contribution >= 4 is 43.7 Å². The van der Waals surface area contributed by atoms with E-state index in [1.54, 1.807) is 17.0 Å². The van der Waals surface area contributed by atoms with Gasteiger partial charge in [0.25, 0.3) is 5.91 Å². The Morgan fingerprint density at radius 3 is 2.15 bits per heavy atom. The Morgan fingerprint density at radius 2 is 1.65 bits per heavy atom. The van der Waals surface area contributed by atoms with Crippen molar-refractivity contribution in [2.24, 2.45) is 0 Å². The fraction of sp³-hybridized carbons (Fsp3) is 0.429. The van der Waals surface area contributed by atoms with Crippen molar-refractivity contribution in [1.82, 2.24) is 10.2 Å². The molecule has 20 heavy (non-hydrogen) atoms. The molecule has 0 heterocycles. The van der Waals surface area contributed by atoms with Crippen LogP contribution in [-0.2, 0) is 4.79 Å². The molecular weight excluding hydrogens is 388 g/mol. The van der Waals surface area contributed by atoms with Crippen LogP contribution in [0, 0.1) is 0 Å². The van der Waals surface area contributed by atoms with Gasteiger partial charge in [0.15, 0.2) is 0 Å². The van der Waals surface area contributed by atoms with Gasteiger partial charge in [-0.05, 0) is 32.0 Å². The summed E-state index contributed by atoms with van der Waals surface area (Å²) >= 11 is 6.68. The minimum atomic E-state index is -0.181. The number of benzene rings is 1. The summed E-state index contributed by atoms with van der Waals surface area (Å²) in [5, 5.41) is 2.76. The quantitative estimate of drug-likeness (QED) is 0.789. The van der Waals surface area contributed by atoms with Crippen molar-refractivity contribution in [3.05, 3.63) is 32.7 Å². The number of carbonyl (C=O) groups excluding carboxylic acids is 2. The monoisotopic (exact) mass is 404 g/mol. The van der Waals surface area contributed by atoms with Crippen LogP contribution >= 0.6 is 31.9 Å². The third kappa shape index (κ3) is 5.25. The first-order chi connectivity index (χ1) is 9.47. The summed E-state index contributed by atoms with van der Waals surface area (Å²) in [4.78, 5) is 25.5. The Labute approximate surface area is 136 Å². The van der Waals surface area contributed by atoms with Gasteiger partial charge in [0, 0.05) is 40.6 Å². The van der Waals surface area contributed by atoms with Gasteiger partial charge < -0.3 is 10.2 Å². The van der Waals surface area contributed by atoms with Gasteiger partial charge in [-0.1, -0.05) is 31.9 Å². The number of hydrogen-bond donors (Lipinski definition) is 1. The largest absolute Gasteiger partial charge is 0.352 e. The smallest absolute Gasteiger partial charge is 0.251 e. The molecule has 0 saturated carbocycles. The number of nitrogens with zero attached hydrogens (tertiary/aromatic N) is 1. The predicted molar refractivity (Wildman–Crippen MR) is 86.7 cm³/mol. The minimum Gasteiger partial charge on any atom is -0.352 e. The molecule has 1 rings (SSSR count). The molecule has 0 spiro atoms. The van der Waals surface area contributed by atoms with E-state index in [2.05, 4.69) is 37.2 Å². The van der Waals surface area contributed by atoms with Gasteiger partial charge in [-0.25, -0.2) is 0 Å². The van der Waals surface area contributed by atoms with Crippen LogP contribution < -0.4 is 5.32 Å². The van der Waals surface area contributed by atoms with E-state index >= 15 is 0 Å². The summed E-state index contributed by atoms with van der Waals surface area (Å²) in [5.41, 5.74) is 0.557. The topological polar surface area (TPSA) is 49.4 Å². The van der Waals surface area contributed by atoms with E-state index in [-0.39, 0.29) is 11.8 Å². The molecule has 0 unspecified atom stereocenters. The number of carbonyl (C=O) groups is 2. The molecule has 1 aromatic carbocycles. The summed E-state index contributed by atoms with van der Waals surface area (Å²) in [6, 6.07) is 5.35. The average molecular weight is 406 g/mol. The van der Waals surface area contributed by atoms with Gasteiger partial charge >= 0.3 is 0 Å². The van der Waals surface area contributed by atoms with Crippen LogP contribution in [0.1, 0.15) is 30.6 Å². The van der Waals surface area contributed by atoms with Crippen LogP contribution in [-0.4, -0.2) is 36.3 Å². The third-order valence-electron chi connectivity index (χ3n) is 2.87. The fourth-order valence-electron chi connectivity index (χ4n) is 1.80. The van der Waals surface area contributed by atoms with Crippen LogP contribution in [0.25, 0.3) is 0 Å². The van der Waals surface area contributed by atoms with Crippen LogP contribution in [0.3, 0.4) is 0 Å². The Balaban J connectivity index is 2.49. The van der Waals surface area contributed by atoms with Crippen LogP contribution in [0.4, 0.5) is 0 Å². The van der Waals surface area contributed by atoms with Crippen LogP contribution in [0.15, 0.2) is 27.1 Å². The summed E-state index contributed by atoms with van der Waals surface area (Å²) < 4.78 is 1.66. The highest BCUT2D eigenvalue weighted by atomic mass is 79.9. The first-order valence-corrected chi connectivity index (χ1v) is 8.08. The molecule has 0 saturated heterocycles. The van der Waals surface area contributed by atoms with E-state index in [1.165, 1.54) is 0 Å². The lowest BCUT2D eigenvalue weighted by molar-refractivity contribution is -0.130. The maximum absolute atomic E-state index is 12.0. The molecule has 6 heteroatoms. The van der Waals surface area contributed by atoms with Gasteiger partial charge in [-0.3, -0.25) is 9.59 Å².